The molecule has 0 spiro atoms. The quantitative estimate of drug-likeness (QED) is 0.747. The van der Waals surface area contributed by atoms with Gasteiger partial charge < -0.3 is 14.4 Å². The van der Waals surface area contributed by atoms with E-state index in [1.165, 1.54) is 31.4 Å². The summed E-state index contributed by atoms with van der Waals surface area (Å²) >= 11 is 0. The van der Waals surface area contributed by atoms with E-state index in [2.05, 4.69) is 24.1 Å². The van der Waals surface area contributed by atoms with Crippen LogP contribution >= 0.6 is 0 Å². The molecule has 128 valence electrons. The number of ether oxygens (including phenoxy) is 2. The van der Waals surface area contributed by atoms with Crippen molar-refractivity contribution in [3.05, 3.63) is 60.2 Å². The summed E-state index contributed by atoms with van der Waals surface area (Å²) in [7, 11) is 2.22. The summed E-state index contributed by atoms with van der Waals surface area (Å²) in [4.78, 5) is 2.47. The van der Waals surface area contributed by atoms with Gasteiger partial charge >= 0.3 is 0 Å². The van der Waals surface area contributed by atoms with Crippen LogP contribution in [0.3, 0.4) is 0 Å². The Morgan fingerprint density at radius 1 is 0.917 bits per heavy atom. The second kappa shape index (κ2) is 8.74. The van der Waals surface area contributed by atoms with Gasteiger partial charge in [-0.2, -0.15) is 0 Å². The summed E-state index contributed by atoms with van der Waals surface area (Å²) in [5, 5.41) is 0. The molecule has 1 aliphatic heterocycles. The Balaban J connectivity index is 1.41. The molecule has 1 heterocycles. The lowest BCUT2D eigenvalue weighted by Crippen LogP contribution is -2.37. The molecule has 0 radical (unpaired) electrons. The smallest absolute Gasteiger partial charge is 0.120 e. The third kappa shape index (κ3) is 5.00. The fourth-order valence-corrected chi connectivity index (χ4v) is 3.19. The number of hydrogen-bond acceptors (Lipinski definition) is 3. The Labute approximate surface area is 145 Å². The van der Waals surface area contributed by atoms with Crippen molar-refractivity contribution in [1.29, 1.82) is 0 Å². The van der Waals surface area contributed by atoms with Crippen LogP contribution in [0.25, 0.3) is 0 Å². The van der Waals surface area contributed by atoms with Crippen molar-refractivity contribution >= 4 is 0 Å². The molecule has 2 aromatic rings. The molecule has 3 rings (SSSR count). The van der Waals surface area contributed by atoms with Gasteiger partial charge in [0.25, 0.3) is 0 Å². The highest BCUT2D eigenvalue weighted by Gasteiger charge is 2.18. The van der Waals surface area contributed by atoms with Gasteiger partial charge in [-0.25, -0.2) is 0 Å². The highest BCUT2D eigenvalue weighted by molar-refractivity contribution is 5.31. The molecule has 2 aromatic carbocycles. The maximum Gasteiger partial charge on any atom is 0.120 e. The van der Waals surface area contributed by atoms with Crippen LogP contribution in [-0.4, -0.2) is 31.1 Å². The summed E-state index contributed by atoms with van der Waals surface area (Å²) in [6, 6.07) is 18.8. The first-order valence-electron chi connectivity index (χ1n) is 8.91. The van der Waals surface area contributed by atoms with Crippen LogP contribution in [0, 0.1) is 0 Å². The summed E-state index contributed by atoms with van der Waals surface area (Å²) < 4.78 is 11.7. The molecule has 24 heavy (non-hydrogen) atoms. The van der Waals surface area contributed by atoms with E-state index < -0.39 is 0 Å². The molecule has 0 amide bonds. The lowest BCUT2D eigenvalue weighted by molar-refractivity contribution is 0.153. The number of hydrogen-bond donors (Lipinski definition) is 0. The average Bonchev–Trinajstić information content (AvgIpc) is 2.63. The van der Waals surface area contributed by atoms with Crippen molar-refractivity contribution in [3.8, 4) is 11.5 Å². The standard InChI is InChI=1S/C21H27NO2/c1-22-15-6-5-9-19(22)14-16-23-20-10-12-21(13-11-20)24-17-18-7-3-2-4-8-18/h2-4,7-8,10-13,19H,5-6,9,14-17H2,1H3. The van der Waals surface area contributed by atoms with Crippen molar-refractivity contribution < 1.29 is 9.47 Å². The average molecular weight is 325 g/mol. The van der Waals surface area contributed by atoms with Gasteiger partial charge in [-0.3, -0.25) is 0 Å². The van der Waals surface area contributed by atoms with Crippen LogP contribution < -0.4 is 9.47 Å². The molecule has 0 aromatic heterocycles. The number of benzene rings is 2. The van der Waals surface area contributed by atoms with Gasteiger partial charge in [-0.1, -0.05) is 36.8 Å². The molecule has 3 heteroatoms. The van der Waals surface area contributed by atoms with E-state index in [0.29, 0.717) is 12.6 Å². The van der Waals surface area contributed by atoms with Crippen LogP contribution in [0.4, 0.5) is 0 Å². The molecule has 0 bridgehead atoms. The second-order valence-electron chi connectivity index (χ2n) is 6.51. The number of likely N-dealkylation sites (tertiary alicyclic amines) is 1. The lowest BCUT2D eigenvalue weighted by Gasteiger charge is -2.32. The maximum absolute atomic E-state index is 5.89. The first-order valence-corrected chi connectivity index (χ1v) is 8.91. The van der Waals surface area contributed by atoms with Gasteiger partial charge in [0, 0.05) is 6.04 Å². The van der Waals surface area contributed by atoms with Gasteiger partial charge in [0.2, 0.25) is 0 Å². The highest BCUT2D eigenvalue weighted by atomic mass is 16.5. The van der Waals surface area contributed by atoms with Gasteiger partial charge in [0.15, 0.2) is 0 Å². The van der Waals surface area contributed by atoms with E-state index in [-0.39, 0.29) is 0 Å². The van der Waals surface area contributed by atoms with Gasteiger partial charge in [-0.15, -0.1) is 0 Å². The molecule has 1 atom stereocenters. The zero-order valence-electron chi connectivity index (χ0n) is 14.5. The maximum atomic E-state index is 5.89. The molecule has 1 aliphatic rings. The zero-order chi connectivity index (χ0) is 16.6. The molecule has 1 fully saturated rings. The number of rotatable bonds is 7. The van der Waals surface area contributed by atoms with Gasteiger partial charge in [0.1, 0.15) is 18.1 Å². The Bertz CT molecular complexity index is 597. The van der Waals surface area contributed by atoms with Crippen LogP contribution in [-0.2, 0) is 6.61 Å². The fourth-order valence-electron chi connectivity index (χ4n) is 3.19. The molecule has 0 aliphatic carbocycles. The van der Waals surface area contributed by atoms with Crippen molar-refractivity contribution in [2.24, 2.45) is 0 Å². The summed E-state index contributed by atoms with van der Waals surface area (Å²) in [5.41, 5.74) is 1.18. The van der Waals surface area contributed by atoms with Gasteiger partial charge in [0.05, 0.1) is 6.61 Å². The zero-order valence-corrected chi connectivity index (χ0v) is 14.5. The monoisotopic (exact) mass is 325 g/mol. The summed E-state index contributed by atoms with van der Waals surface area (Å²) in [6.07, 6.45) is 5.08. The number of piperidine rings is 1. The van der Waals surface area contributed by atoms with Crippen molar-refractivity contribution in [3.63, 3.8) is 0 Å². The van der Waals surface area contributed by atoms with E-state index in [1.54, 1.807) is 0 Å². The topological polar surface area (TPSA) is 21.7 Å². The normalized spacial score (nSPS) is 18.3. The molecule has 1 unspecified atom stereocenters. The Morgan fingerprint density at radius 2 is 1.62 bits per heavy atom. The first-order chi connectivity index (χ1) is 11.8. The van der Waals surface area contributed by atoms with Gasteiger partial charge in [-0.05, 0) is 62.7 Å². The highest BCUT2D eigenvalue weighted by Crippen LogP contribution is 2.21. The number of nitrogens with zero attached hydrogens (tertiary/aromatic N) is 1. The molecule has 3 nitrogen and oxygen atoms in total. The van der Waals surface area contributed by atoms with E-state index in [9.17, 15) is 0 Å². The van der Waals surface area contributed by atoms with Crippen molar-refractivity contribution in [2.75, 3.05) is 20.2 Å². The van der Waals surface area contributed by atoms with Crippen LogP contribution in [0.15, 0.2) is 54.6 Å². The summed E-state index contributed by atoms with van der Waals surface area (Å²) in [6.45, 7) is 2.59. The Morgan fingerprint density at radius 3 is 2.33 bits per heavy atom. The Kier molecular flexibility index (Phi) is 6.13. The van der Waals surface area contributed by atoms with Crippen LogP contribution in [0.2, 0.25) is 0 Å². The summed E-state index contributed by atoms with van der Waals surface area (Å²) in [5.74, 6) is 1.79. The van der Waals surface area contributed by atoms with E-state index in [1.807, 2.05) is 42.5 Å². The molecule has 0 saturated carbocycles. The van der Waals surface area contributed by atoms with E-state index in [0.717, 1.165) is 24.5 Å². The minimum Gasteiger partial charge on any atom is -0.494 e. The third-order valence-electron chi connectivity index (χ3n) is 4.71. The SMILES string of the molecule is CN1CCCCC1CCOc1ccc(OCc2ccccc2)cc1. The Hall–Kier alpha value is -2.00. The molecular formula is C21H27NO2. The molecule has 1 saturated heterocycles. The molecule has 0 N–H and O–H groups in total. The first kappa shape index (κ1) is 16.8. The largest absolute Gasteiger partial charge is 0.494 e. The molecular weight excluding hydrogens is 298 g/mol. The van der Waals surface area contributed by atoms with Crippen molar-refractivity contribution in [2.45, 2.75) is 38.3 Å². The predicted octanol–water partition coefficient (Wildman–Crippen LogP) is 4.52. The fraction of sp³-hybridized carbons (Fsp3) is 0.429. The van der Waals surface area contributed by atoms with Crippen LogP contribution in [0.5, 0.6) is 11.5 Å². The van der Waals surface area contributed by atoms with Crippen LogP contribution in [0.1, 0.15) is 31.2 Å². The second-order valence-corrected chi connectivity index (χ2v) is 6.51. The lowest BCUT2D eigenvalue weighted by atomic mass is 10.0. The third-order valence-corrected chi connectivity index (χ3v) is 4.71. The predicted molar refractivity (Wildman–Crippen MR) is 97.6 cm³/mol. The van der Waals surface area contributed by atoms with E-state index in [4.69, 9.17) is 9.47 Å². The minimum atomic E-state index is 0.592. The minimum absolute atomic E-state index is 0.592. The van der Waals surface area contributed by atoms with Crippen molar-refractivity contribution in [1.82, 2.24) is 4.90 Å². The van der Waals surface area contributed by atoms with E-state index >= 15 is 0 Å².